The average Bonchev–Trinajstić information content (AvgIpc) is 2.44. The molecule has 60 valence electrons. The normalized spacial score (nSPS) is 10.4. The van der Waals surface area contributed by atoms with Crippen molar-refractivity contribution in [1.29, 1.82) is 0 Å². The summed E-state index contributed by atoms with van der Waals surface area (Å²) in [5.41, 5.74) is 0.660. The molecule has 2 nitrogen and oxygen atoms in total. The number of fused-ring (bicyclic) bond motifs is 1. The van der Waals surface area contributed by atoms with E-state index >= 15 is 0 Å². The first kappa shape index (κ1) is 7.03. The van der Waals surface area contributed by atoms with E-state index in [1.807, 2.05) is 0 Å². The van der Waals surface area contributed by atoms with E-state index in [0.29, 0.717) is 17.2 Å². The van der Waals surface area contributed by atoms with Gasteiger partial charge >= 0.3 is 0 Å². The Labute approximate surface area is 68.0 Å². The molecule has 0 saturated heterocycles. The molecule has 0 aliphatic heterocycles. The molecule has 3 heteroatoms. The molecule has 2 rings (SSSR count). The van der Waals surface area contributed by atoms with E-state index in [1.54, 1.807) is 24.3 Å². The fourth-order valence-corrected chi connectivity index (χ4v) is 1.21. The molecule has 1 aromatic heterocycles. The predicted octanol–water partition coefficient (Wildman–Crippen LogP) is 2.12. The summed E-state index contributed by atoms with van der Waals surface area (Å²) in [5.74, 6) is -0.472. The highest BCUT2D eigenvalue weighted by Gasteiger charge is 2.08. The lowest BCUT2D eigenvalue weighted by atomic mass is 10.2. The Bertz CT molecular complexity index is 433. The minimum Gasteiger partial charge on any atom is -0.350 e. The Morgan fingerprint density at radius 1 is 1.33 bits per heavy atom. The molecule has 0 unspecified atom stereocenters. The maximum absolute atomic E-state index is 13.2. The first-order valence-corrected chi connectivity index (χ1v) is 3.54. The van der Waals surface area contributed by atoms with Gasteiger partial charge in [-0.25, -0.2) is 4.39 Å². The van der Waals surface area contributed by atoms with Crippen molar-refractivity contribution in [1.82, 2.24) is 4.98 Å². The van der Waals surface area contributed by atoms with Gasteiger partial charge in [-0.2, -0.15) is 0 Å². The van der Waals surface area contributed by atoms with Gasteiger partial charge in [0.15, 0.2) is 12.1 Å². The third-order valence-electron chi connectivity index (χ3n) is 1.79. The van der Waals surface area contributed by atoms with E-state index < -0.39 is 5.82 Å². The van der Waals surface area contributed by atoms with Crippen molar-refractivity contribution in [3.05, 3.63) is 35.8 Å². The molecule has 0 atom stereocenters. The fourth-order valence-electron chi connectivity index (χ4n) is 1.21. The summed E-state index contributed by atoms with van der Waals surface area (Å²) in [6, 6.07) is 6.88. The lowest BCUT2D eigenvalue weighted by Gasteiger charge is -1.84. The Hall–Kier alpha value is -1.64. The third-order valence-corrected chi connectivity index (χ3v) is 1.79. The highest BCUT2D eigenvalue weighted by molar-refractivity contribution is 5.88. The molecule has 0 radical (unpaired) electrons. The number of para-hydroxylation sites is 1. The zero-order valence-corrected chi connectivity index (χ0v) is 6.17. The number of nitrogens with one attached hydrogen (secondary N) is 1. The Balaban J connectivity index is 2.87. The standard InChI is InChI=1S/C9H6FNO/c10-9-6-3-1-2-4-7(6)11-8(9)5-12/h1-5,11H. The molecule has 0 aliphatic carbocycles. The molecule has 1 N–H and O–H groups in total. The van der Waals surface area contributed by atoms with Crippen LogP contribution in [0.3, 0.4) is 0 Å². The summed E-state index contributed by atoms with van der Waals surface area (Å²) in [7, 11) is 0. The second-order valence-corrected chi connectivity index (χ2v) is 2.52. The van der Waals surface area contributed by atoms with Crippen LogP contribution in [-0.4, -0.2) is 11.3 Å². The van der Waals surface area contributed by atoms with Crippen molar-refractivity contribution in [2.75, 3.05) is 0 Å². The number of aromatic nitrogens is 1. The van der Waals surface area contributed by atoms with Crippen molar-refractivity contribution in [3.63, 3.8) is 0 Å². The van der Waals surface area contributed by atoms with Crippen molar-refractivity contribution in [2.24, 2.45) is 0 Å². The highest BCUT2D eigenvalue weighted by atomic mass is 19.1. The third kappa shape index (κ3) is 0.830. The van der Waals surface area contributed by atoms with Gasteiger partial charge in [0, 0.05) is 10.9 Å². The zero-order valence-electron chi connectivity index (χ0n) is 6.17. The van der Waals surface area contributed by atoms with Crippen LogP contribution in [0, 0.1) is 5.82 Å². The number of H-pyrrole nitrogens is 1. The number of aromatic amines is 1. The van der Waals surface area contributed by atoms with E-state index in [9.17, 15) is 9.18 Å². The van der Waals surface area contributed by atoms with Crippen LogP contribution in [0.4, 0.5) is 4.39 Å². The smallest absolute Gasteiger partial charge is 0.169 e. The number of hydrogen-bond donors (Lipinski definition) is 1. The van der Waals surface area contributed by atoms with Crippen LogP contribution in [0.25, 0.3) is 10.9 Å². The van der Waals surface area contributed by atoms with E-state index in [4.69, 9.17) is 0 Å². The summed E-state index contributed by atoms with van der Waals surface area (Å²) in [6.07, 6.45) is 0.481. The van der Waals surface area contributed by atoms with Crippen LogP contribution < -0.4 is 0 Å². The number of rotatable bonds is 1. The molecule has 0 aliphatic rings. The molecular weight excluding hydrogens is 157 g/mol. The zero-order chi connectivity index (χ0) is 8.55. The average molecular weight is 163 g/mol. The first-order valence-electron chi connectivity index (χ1n) is 3.54. The molecule has 2 aromatic rings. The van der Waals surface area contributed by atoms with Crippen molar-refractivity contribution in [2.45, 2.75) is 0 Å². The van der Waals surface area contributed by atoms with Crippen LogP contribution in [-0.2, 0) is 0 Å². The van der Waals surface area contributed by atoms with Crippen LogP contribution in [0.5, 0.6) is 0 Å². The van der Waals surface area contributed by atoms with E-state index in [0.717, 1.165) is 0 Å². The van der Waals surface area contributed by atoms with Gasteiger partial charge in [0.1, 0.15) is 5.69 Å². The van der Waals surface area contributed by atoms with Crippen molar-refractivity contribution in [3.8, 4) is 0 Å². The number of benzene rings is 1. The molecule has 0 saturated carbocycles. The van der Waals surface area contributed by atoms with Gasteiger partial charge in [0.05, 0.1) is 0 Å². The summed E-state index contributed by atoms with van der Waals surface area (Å²) < 4.78 is 13.2. The summed E-state index contributed by atoms with van der Waals surface area (Å²) in [6.45, 7) is 0. The predicted molar refractivity (Wildman–Crippen MR) is 43.6 cm³/mol. The summed E-state index contributed by atoms with van der Waals surface area (Å²) in [5, 5.41) is 0.458. The lowest BCUT2D eigenvalue weighted by Crippen LogP contribution is -1.81. The van der Waals surface area contributed by atoms with Gasteiger partial charge in [0.25, 0.3) is 0 Å². The van der Waals surface area contributed by atoms with Gasteiger partial charge in [-0.3, -0.25) is 4.79 Å². The van der Waals surface area contributed by atoms with Gasteiger partial charge in [-0.1, -0.05) is 12.1 Å². The monoisotopic (exact) mass is 163 g/mol. The van der Waals surface area contributed by atoms with Crippen LogP contribution in [0.15, 0.2) is 24.3 Å². The van der Waals surface area contributed by atoms with E-state index in [-0.39, 0.29) is 5.69 Å². The molecule has 12 heavy (non-hydrogen) atoms. The van der Waals surface area contributed by atoms with Crippen LogP contribution in [0.1, 0.15) is 10.5 Å². The quantitative estimate of drug-likeness (QED) is 0.641. The SMILES string of the molecule is O=Cc1[nH]c2ccccc2c1F. The second kappa shape index (κ2) is 2.44. The van der Waals surface area contributed by atoms with E-state index in [2.05, 4.69) is 4.98 Å². The molecule has 1 heterocycles. The van der Waals surface area contributed by atoms with Crippen LogP contribution in [0.2, 0.25) is 0 Å². The van der Waals surface area contributed by atoms with Gasteiger partial charge in [0.2, 0.25) is 0 Å². The number of hydrogen-bond acceptors (Lipinski definition) is 1. The lowest BCUT2D eigenvalue weighted by molar-refractivity contribution is 0.111. The van der Waals surface area contributed by atoms with Crippen molar-refractivity contribution >= 4 is 17.2 Å². The number of carbonyl (C=O) groups is 1. The Kier molecular flexibility index (Phi) is 1.43. The van der Waals surface area contributed by atoms with Gasteiger partial charge in [-0.05, 0) is 12.1 Å². The number of aldehydes is 1. The maximum Gasteiger partial charge on any atom is 0.169 e. The fraction of sp³-hybridized carbons (Fsp3) is 0. The molecule has 1 aromatic carbocycles. The molecule has 0 bridgehead atoms. The maximum atomic E-state index is 13.2. The van der Waals surface area contributed by atoms with Crippen LogP contribution >= 0.6 is 0 Å². The Morgan fingerprint density at radius 3 is 2.75 bits per heavy atom. The van der Waals surface area contributed by atoms with Gasteiger partial charge in [-0.15, -0.1) is 0 Å². The first-order chi connectivity index (χ1) is 5.83. The minimum absolute atomic E-state index is 0.0104. The number of halogens is 1. The summed E-state index contributed by atoms with van der Waals surface area (Å²) >= 11 is 0. The molecule has 0 fully saturated rings. The molecule has 0 spiro atoms. The Morgan fingerprint density at radius 2 is 2.08 bits per heavy atom. The number of carbonyl (C=O) groups excluding carboxylic acids is 1. The molecular formula is C9H6FNO. The largest absolute Gasteiger partial charge is 0.350 e. The summed E-state index contributed by atoms with van der Waals surface area (Å²) in [4.78, 5) is 13.0. The van der Waals surface area contributed by atoms with Crippen molar-refractivity contribution < 1.29 is 9.18 Å². The van der Waals surface area contributed by atoms with Gasteiger partial charge < -0.3 is 4.98 Å². The minimum atomic E-state index is -0.472. The second-order valence-electron chi connectivity index (χ2n) is 2.52. The van der Waals surface area contributed by atoms with E-state index in [1.165, 1.54) is 0 Å². The highest BCUT2D eigenvalue weighted by Crippen LogP contribution is 2.18. The molecule has 0 amide bonds. The topological polar surface area (TPSA) is 32.9 Å².